The molecule has 4 N–H and O–H groups in total. The molecule has 0 aromatic carbocycles. The molecule has 0 aliphatic carbocycles. The zero-order valence-corrected chi connectivity index (χ0v) is 14.4. The average Bonchev–Trinajstić information content (AvgIpc) is 2.84. The Kier molecular flexibility index (Phi) is 7.65. The molecule has 2 rings (SSSR count). The van der Waals surface area contributed by atoms with E-state index >= 15 is 0 Å². The zero-order chi connectivity index (χ0) is 16.5. The lowest BCUT2D eigenvalue weighted by Crippen LogP contribution is -2.39. The van der Waals surface area contributed by atoms with Crippen molar-refractivity contribution in [3.05, 3.63) is 0 Å². The number of aliphatic imine (C=N–C) groups is 1. The number of carbonyl (C=O) groups excluding carboxylic acids is 1. The Labute approximate surface area is 140 Å². The third-order valence-corrected chi connectivity index (χ3v) is 5.08. The minimum absolute atomic E-state index is 0.0873. The molecule has 0 atom stereocenters. The van der Waals surface area contributed by atoms with Gasteiger partial charge in [0, 0.05) is 25.6 Å². The van der Waals surface area contributed by atoms with E-state index in [-0.39, 0.29) is 11.8 Å². The predicted molar refractivity (Wildman–Crippen MR) is 94.1 cm³/mol. The van der Waals surface area contributed by atoms with E-state index in [1.807, 2.05) is 0 Å². The Morgan fingerprint density at radius 3 is 2.22 bits per heavy atom. The van der Waals surface area contributed by atoms with Crippen LogP contribution in [0.2, 0.25) is 0 Å². The Balaban J connectivity index is 1.56. The normalized spacial score (nSPS) is 22.1. The van der Waals surface area contributed by atoms with E-state index in [1.54, 1.807) is 0 Å². The summed E-state index contributed by atoms with van der Waals surface area (Å²) < 4.78 is 0. The van der Waals surface area contributed by atoms with Crippen LogP contribution in [0.3, 0.4) is 0 Å². The summed E-state index contributed by atoms with van der Waals surface area (Å²) >= 11 is 0. The van der Waals surface area contributed by atoms with E-state index < -0.39 is 0 Å². The lowest BCUT2D eigenvalue weighted by molar-refractivity contribution is -0.123. The van der Waals surface area contributed by atoms with Crippen LogP contribution in [-0.4, -0.2) is 60.9 Å². The van der Waals surface area contributed by atoms with Crippen LogP contribution in [0.15, 0.2) is 4.99 Å². The van der Waals surface area contributed by atoms with Crippen molar-refractivity contribution < 1.29 is 4.79 Å². The molecular weight excluding hydrogens is 290 g/mol. The van der Waals surface area contributed by atoms with Crippen LogP contribution in [-0.2, 0) is 4.79 Å². The van der Waals surface area contributed by atoms with Crippen molar-refractivity contribution in [3.63, 3.8) is 0 Å². The van der Waals surface area contributed by atoms with Gasteiger partial charge in [-0.15, -0.1) is 0 Å². The number of hydrogen-bond acceptors (Lipinski definition) is 3. The quantitative estimate of drug-likeness (QED) is 0.436. The van der Waals surface area contributed by atoms with Gasteiger partial charge in [-0.05, 0) is 58.2 Å². The maximum atomic E-state index is 11.1. The Morgan fingerprint density at radius 2 is 1.61 bits per heavy atom. The van der Waals surface area contributed by atoms with E-state index in [9.17, 15) is 4.79 Å². The smallest absolute Gasteiger partial charge is 0.220 e. The highest BCUT2D eigenvalue weighted by Crippen LogP contribution is 2.16. The summed E-state index contributed by atoms with van der Waals surface area (Å²) in [6, 6.07) is 0. The van der Waals surface area contributed by atoms with Gasteiger partial charge in [-0.1, -0.05) is 12.8 Å². The molecule has 2 saturated heterocycles. The van der Waals surface area contributed by atoms with Gasteiger partial charge in [0.05, 0.1) is 0 Å². The van der Waals surface area contributed by atoms with Crippen molar-refractivity contribution in [1.29, 1.82) is 0 Å². The number of unbranched alkanes of at least 4 members (excludes halogenated alkanes) is 1. The second-order valence-electron chi connectivity index (χ2n) is 6.87. The molecule has 132 valence electrons. The van der Waals surface area contributed by atoms with Gasteiger partial charge < -0.3 is 21.3 Å². The molecule has 0 aromatic rings. The second kappa shape index (κ2) is 9.75. The van der Waals surface area contributed by atoms with Crippen LogP contribution >= 0.6 is 0 Å². The summed E-state index contributed by atoms with van der Waals surface area (Å²) in [5.74, 6) is 0.682. The number of nitrogens with zero attached hydrogens (tertiary/aromatic N) is 3. The van der Waals surface area contributed by atoms with Gasteiger partial charge in [0.15, 0.2) is 5.96 Å². The largest absolute Gasteiger partial charge is 0.370 e. The van der Waals surface area contributed by atoms with Crippen LogP contribution in [0, 0.1) is 5.92 Å². The van der Waals surface area contributed by atoms with Crippen molar-refractivity contribution in [2.45, 2.75) is 51.4 Å². The summed E-state index contributed by atoms with van der Waals surface area (Å²) in [4.78, 5) is 20.4. The number of piperidine rings is 1. The van der Waals surface area contributed by atoms with Crippen molar-refractivity contribution in [2.24, 2.45) is 22.4 Å². The number of hydrogen-bond donors (Lipinski definition) is 2. The highest BCUT2D eigenvalue weighted by molar-refractivity contribution is 5.78. The number of likely N-dealkylation sites (tertiary alicyclic amines) is 2. The Morgan fingerprint density at radius 1 is 0.957 bits per heavy atom. The second-order valence-corrected chi connectivity index (χ2v) is 6.87. The van der Waals surface area contributed by atoms with Crippen LogP contribution < -0.4 is 11.5 Å². The third kappa shape index (κ3) is 6.37. The van der Waals surface area contributed by atoms with E-state index in [0.29, 0.717) is 0 Å². The van der Waals surface area contributed by atoms with Gasteiger partial charge in [-0.3, -0.25) is 9.79 Å². The first-order valence-electron chi connectivity index (χ1n) is 9.23. The van der Waals surface area contributed by atoms with Crippen molar-refractivity contribution in [2.75, 3.05) is 39.3 Å². The first kappa shape index (κ1) is 18.0. The summed E-state index contributed by atoms with van der Waals surface area (Å²) in [6.07, 6.45) is 9.13. The third-order valence-electron chi connectivity index (χ3n) is 5.08. The molecule has 2 heterocycles. The Hall–Kier alpha value is -1.30. The molecule has 0 unspecified atom stereocenters. The van der Waals surface area contributed by atoms with E-state index in [1.165, 1.54) is 25.7 Å². The fourth-order valence-corrected chi connectivity index (χ4v) is 3.48. The SMILES string of the molecule is NC(=O)C1CCN(CCCCN=C(N)N2CCCCCC2)CC1. The fourth-order valence-electron chi connectivity index (χ4n) is 3.48. The van der Waals surface area contributed by atoms with Gasteiger partial charge in [-0.25, -0.2) is 0 Å². The topological polar surface area (TPSA) is 88.0 Å². The molecule has 23 heavy (non-hydrogen) atoms. The molecule has 0 radical (unpaired) electrons. The number of amides is 1. The molecule has 0 spiro atoms. The number of carbonyl (C=O) groups is 1. The number of guanidine groups is 1. The summed E-state index contributed by atoms with van der Waals surface area (Å²) in [6.45, 7) is 6.01. The summed E-state index contributed by atoms with van der Waals surface area (Å²) in [5, 5.41) is 0. The van der Waals surface area contributed by atoms with Gasteiger partial charge in [0.25, 0.3) is 0 Å². The van der Waals surface area contributed by atoms with Crippen molar-refractivity contribution in [1.82, 2.24) is 9.80 Å². The maximum Gasteiger partial charge on any atom is 0.220 e. The van der Waals surface area contributed by atoms with Gasteiger partial charge >= 0.3 is 0 Å². The highest BCUT2D eigenvalue weighted by Gasteiger charge is 2.22. The molecule has 0 aromatic heterocycles. The highest BCUT2D eigenvalue weighted by atomic mass is 16.1. The number of rotatable bonds is 6. The first-order chi connectivity index (χ1) is 11.2. The van der Waals surface area contributed by atoms with Crippen LogP contribution in [0.5, 0.6) is 0 Å². The first-order valence-corrected chi connectivity index (χ1v) is 9.23. The monoisotopic (exact) mass is 323 g/mol. The zero-order valence-electron chi connectivity index (χ0n) is 14.4. The molecule has 2 aliphatic heterocycles. The van der Waals surface area contributed by atoms with Crippen molar-refractivity contribution in [3.8, 4) is 0 Å². The van der Waals surface area contributed by atoms with E-state index in [0.717, 1.165) is 70.9 Å². The molecule has 2 aliphatic rings. The Bertz CT molecular complexity index is 382. The van der Waals surface area contributed by atoms with Gasteiger partial charge in [0.1, 0.15) is 0 Å². The number of primary amides is 1. The van der Waals surface area contributed by atoms with Gasteiger partial charge in [-0.2, -0.15) is 0 Å². The van der Waals surface area contributed by atoms with Crippen LogP contribution in [0.4, 0.5) is 0 Å². The van der Waals surface area contributed by atoms with E-state index in [4.69, 9.17) is 11.5 Å². The average molecular weight is 323 g/mol. The fraction of sp³-hybridized carbons (Fsp3) is 0.882. The van der Waals surface area contributed by atoms with Crippen LogP contribution in [0.25, 0.3) is 0 Å². The molecular formula is C17H33N5O. The summed E-state index contributed by atoms with van der Waals surface area (Å²) in [5.41, 5.74) is 11.5. The number of nitrogens with two attached hydrogens (primary N) is 2. The lowest BCUT2D eigenvalue weighted by atomic mass is 9.96. The van der Waals surface area contributed by atoms with E-state index in [2.05, 4.69) is 14.8 Å². The molecule has 2 fully saturated rings. The maximum absolute atomic E-state index is 11.1. The van der Waals surface area contributed by atoms with Gasteiger partial charge in [0.2, 0.25) is 5.91 Å². The lowest BCUT2D eigenvalue weighted by Gasteiger charge is -2.30. The van der Waals surface area contributed by atoms with Crippen molar-refractivity contribution >= 4 is 11.9 Å². The molecule has 0 saturated carbocycles. The minimum atomic E-state index is -0.136. The predicted octanol–water partition coefficient (Wildman–Crippen LogP) is 1.15. The minimum Gasteiger partial charge on any atom is -0.370 e. The summed E-state index contributed by atoms with van der Waals surface area (Å²) in [7, 11) is 0. The van der Waals surface area contributed by atoms with Crippen LogP contribution in [0.1, 0.15) is 51.4 Å². The molecule has 6 heteroatoms. The standard InChI is InChI=1S/C17H33N5O/c18-16(23)15-7-13-21(14-8-15)10-6-3-9-20-17(19)22-11-4-1-2-5-12-22/h15H,1-14H2,(H2,18,23)(H2,19,20). The molecule has 6 nitrogen and oxygen atoms in total. The molecule has 1 amide bonds. The molecule has 0 bridgehead atoms.